The van der Waals surface area contributed by atoms with Crippen molar-refractivity contribution in [2.75, 3.05) is 44.5 Å². The van der Waals surface area contributed by atoms with Crippen LogP contribution in [0, 0.1) is 5.92 Å². The quantitative estimate of drug-likeness (QED) is 0.488. The largest absolute Gasteiger partial charge is 0.484 e. The normalized spacial score (nSPS) is 11.0. The number of ether oxygens (including phenoxy) is 1. The van der Waals surface area contributed by atoms with Gasteiger partial charge in [0.25, 0.3) is 11.8 Å². The number of anilines is 2. The van der Waals surface area contributed by atoms with Crippen LogP contribution in [0.15, 0.2) is 42.6 Å². The molecule has 0 saturated heterocycles. The summed E-state index contributed by atoms with van der Waals surface area (Å²) >= 11 is 0. The van der Waals surface area contributed by atoms with Gasteiger partial charge in [0, 0.05) is 45.6 Å². The molecule has 0 spiro atoms. The Labute approximate surface area is 201 Å². The fourth-order valence-electron chi connectivity index (χ4n) is 3.56. The first-order valence-corrected chi connectivity index (χ1v) is 11.7. The first-order valence-electron chi connectivity index (χ1n) is 11.7. The van der Waals surface area contributed by atoms with E-state index >= 15 is 0 Å². The van der Waals surface area contributed by atoms with Gasteiger partial charge in [-0.1, -0.05) is 26.8 Å². The summed E-state index contributed by atoms with van der Waals surface area (Å²) in [4.78, 5) is 33.3. The first-order chi connectivity index (χ1) is 16.2. The Morgan fingerprint density at radius 2 is 1.91 bits per heavy atom. The molecule has 8 nitrogen and oxygen atoms in total. The van der Waals surface area contributed by atoms with Crippen LogP contribution < -0.4 is 15.0 Å². The van der Waals surface area contributed by atoms with Crippen molar-refractivity contribution < 1.29 is 14.3 Å². The number of fused-ring (bicyclic) bond motifs is 1. The number of nitrogens with zero attached hydrogens (tertiary/aromatic N) is 4. The van der Waals surface area contributed by atoms with Crippen molar-refractivity contribution in [3.8, 4) is 5.75 Å². The zero-order valence-corrected chi connectivity index (χ0v) is 21.0. The summed E-state index contributed by atoms with van der Waals surface area (Å²) in [6.45, 7) is 7.38. The first kappa shape index (κ1) is 25.1. The lowest BCUT2D eigenvalue weighted by molar-refractivity contribution is -0.130. The number of pyridine rings is 1. The third-order valence-electron chi connectivity index (χ3n) is 5.62. The summed E-state index contributed by atoms with van der Waals surface area (Å²) < 4.78 is 7.55. The maximum absolute atomic E-state index is 13.0. The van der Waals surface area contributed by atoms with Gasteiger partial charge < -0.3 is 19.9 Å². The number of carbonyl (C=O) groups excluding carboxylic acids is 2. The molecule has 2 amide bonds. The van der Waals surface area contributed by atoms with Gasteiger partial charge in [-0.3, -0.25) is 14.0 Å². The molecule has 1 N–H and O–H groups in total. The summed E-state index contributed by atoms with van der Waals surface area (Å²) in [5.41, 5.74) is 2.95. The molecule has 3 rings (SSSR count). The highest BCUT2D eigenvalue weighted by Gasteiger charge is 2.17. The summed E-state index contributed by atoms with van der Waals surface area (Å²) in [5.74, 6) is 1.77. The van der Waals surface area contributed by atoms with E-state index in [4.69, 9.17) is 9.72 Å². The number of imidazole rings is 1. The Kier molecular flexibility index (Phi) is 8.15. The van der Waals surface area contributed by atoms with Gasteiger partial charge in [-0.2, -0.15) is 0 Å². The molecule has 0 fully saturated rings. The predicted molar refractivity (Wildman–Crippen MR) is 136 cm³/mol. The van der Waals surface area contributed by atoms with Crippen LogP contribution in [0.1, 0.15) is 43.2 Å². The molecule has 2 aromatic heterocycles. The van der Waals surface area contributed by atoms with E-state index < -0.39 is 0 Å². The molecule has 8 heteroatoms. The zero-order valence-electron chi connectivity index (χ0n) is 21.0. The van der Waals surface area contributed by atoms with Crippen LogP contribution in [-0.4, -0.2) is 60.4 Å². The van der Waals surface area contributed by atoms with Crippen LogP contribution in [0.2, 0.25) is 0 Å². The van der Waals surface area contributed by atoms with E-state index in [9.17, 15) is 9.59 Å². The minimum atomic E-state index is -0.231. The molecule has 0 unspecified atom stereocenters. The second-order valence-corrected chi connectivity index (χ2v) is 9.04. The third kappa shape index (κ3) is 6.07. The highest BCUT2D eigenvalue weighted by molar-refractivity contribution is 6.04. The fourth-order valence-corrected chi connectivity index (χ4v) is 3.56. The van der Waals surface area contributed by atoms with E-state index in [1.54, 1.807) is 44.4 Å². The number of aromatic nitrogens is 2. The molecular weight excluding hydrogens is 430 g/mol. The number of aryl methyl sites for hydroxylation is 1. The smallest absolute Gasteiger partial charge is 0.259 e. The molecule has 2 heterocycles. The Morgan fingerprint density at radius 1 is 1.15 bits per heavy atom. The number of rotatable bonds is 10. The van der Waals surface area contributed by atoms with E-state index in [0.29, 0.717) is 22.9 Å². The summed E-state index contributed by atoms with van der Waals surface area (Å²) in [6.07, 6.45) is 3.73. The highest BCUT2D eigenvalue weighted by Crippen LogP contribution is 2.24. The highest BCUT2D eigenvalue weighted by atomic mass is 16.5. The van der Waals surface area contributed by atoms with Gasteiger partial charge in [0.2, 0.25) is 0 Å². The molecule has 0 bridgehead atoms. The lowest BCUT2D eigenvalue weighted by atomic mass is 10.1. The fraction of sp³-hybridized carbons (Fsp3) is 0.423. The minimum absolute atomic E-state index is 0.0610. The van der Waals surface area contributed by atoms with E-state index in [1.807, 2.05) is 16.7 Å². The maximum atomic E-state index is 13.0. The monoisotopic (exact) mass is 465 g/mol. The van der Waals surface area contributed by atoms with E-state index in [-0.39, 0.29) is 18.4 Å². The molecule has 34 heavy (non-hydrogen) atoms. The Morgan fingerprint density at radius 3 is 2.59 bits per heavy atom. The lowest BCUT2D eigenvalue weighted by Gasteiger charge is -2.21. The maximum Gasteiger partial charge on any atom is 0.259 e. The summed E-state index contributed by atoms with van der Waals surface area (Å²) in [6, 6.07) is 10.7. The van der Waals surface area contributed by atoms with Crippen LogP contribution in [0.3, 0.4) is 0 Å². The van der Waals surface area contributed by atoms with Crippen LogP contribution in [0.4, 0.5) is 11.5 Å². The summed E-state index contributed by atoms with van der Waals surface area (Å²) in [7, 11) is 5.43. The minimum Gasteiger partial charge on any atom is -0.484 e. The van der Waals surface area contributed by atoms with Gasteiger partial charge in [0.15, 0.2) is 6.61 Å². The standard InChI is InChI=1S/C26H35N5O3/c1-7-22-26(30(6)14-13-18(2)3)31-16-19(11-12-23(31)28-22)25(33)27-20-9-8-10-21(15-20)34-17-24(32)29(4)5/h8-12,15-16,18H,7,13-14,17H2,1-6H3,(H,27,33). The van der Waals surface area contributed by atoms with Gasteiger partial charge in [0.05, 0.1) is 11.3 Å². The Hall–Kier alpha value is -3.55. The molecule has 0 radical (unpaired) electrons. The number of hydrogen-bond donors (Lipinski definition) is 1. The Balaban J connectivity index is 1.80. The van der Waals surface area contributed by atoms with Gasteiger partial charge >= 0.3 is 0 Å². The van der Waals surface area contributed by atoms with Gasteiger partial charge in [-0.05, 0) is 43.0 Å². The number of amides is 2. The number of likely N-dealkylation sites (N-methyl/N-ethyl adjacent to an activating group) is 1. The van der Waals surface area contributed by atoms with Crippen molar-refractivity contribution in [2.45, 2.75) is 33.6 Å². The molecule has 182 valence electrons. The lowest BCUT2D eigenvalue weighted by Crippen LogP contribution is -2.27. The molecule has 3 aromatic rings. The van der Waals surface area contributed by atoms with Gasteiger partial charge in [0.1, 0.15) is 17.2 Å². The van der Waals surface area contributed by atoms with Crippen molar-refractivity contribution in [1.29, 1.82) is 0 Å². The van der Waals surface area contributed by atoms with Gasteiger partial charge in [-0.15, -0.1) is 0 Å². The molecule has 0 atom stereocenters. The van der Waals surface area contributed by atoms with Crippen LogP contribution in [-0.2, 0) is 11.2 Å². The van der Waals surface area contributed by atoms with Crippen LogP contribution in [0.5, 0.6) is 5.75 Å². The molecule has 0 saturated carbocycles. The predicted octanol–water partition coefficient (Wildman–Crippen LogP) is 4.10. The van der Waals surface area contributed by atoms with Crippen LogP contribution in [0.25, 0.3) is 5.65 Å². The second kappa shape index (κ2) is 11.0. The van der Waals surface area contributed by atoms with E-state index in [0.717, 1.165) is 36.5 Å². The average Bonchev–Trinajstić information content (AvgIpc) is 3.19. The van der Waals surface area contributed by atoms with Crippen molar-refractivity contribution in [2.24, 2.45) is 5.92 Å². The third-order valence-corrected chi connectivity index (χ3v) is 5.62. The zero-order chi connectivity index (χ0) is 24.8. The average molecular weight is 466 g/mol. The molecule has 0 aliphatic carbocycles. The van der Waals surface area contributed by atoms with Gasteiger partial charge in [-0.25, -0.2) is 4.98 Å². The summed E-state index contributed by atoms with van der Waals surface area (Å²) in [5, 5.41) is 2.92. The van der Waals surface area contributed by atoms with Crippen molar-refractivity contribution in [3.05, 3.63) is 53.9 Å². The number of nitrogens with one attached hydrogen (secondary N) is 1. The van der Waals surface area contributed by atoms with Crippen molar-refractivity contribution >= 4 is 29.0 Å². The number of hydrogen-bond acceptors (Lipinski definition) is 5. The Bertz CT molecular complexity index is 1150. The van der Waals surface area contributed by atoms with Crippen molar-refractivity contribution in [1.82, 2.24) is 14.3 Å². The van der Waals surface area contributed by atoms with E-state index in [1.165, 1.54) is 4.90 Å². The molecular formula is C26H35N5O3. The van der Waals surface area contributed by atoms with Crippen LogP contribution >= 0.6 is 0 Å². The second-order valence-electron chi connectivity index (χ2n) is 9.04. The topological polar surface area (TPSA) is 79.2 Å². The molecule has 1 aromatic carbocycles. The molecule has 0 aliphatic heterocycles. The van der Waals surface area contributed by atoms with E-state index in [2.05, 4.69) is 38.0 Å². The van der Waals surface area contributed by atoms with Crippen molar-refractivity contribution in [3.63, 3.8) is 0 Å². The molecule has 0 aliphatic rings. The number of carbonyl (C=O) groups is 2. The number of benzene rings is 1. The SMILES string of the molecule is CCc1nc2ccc(C(=O)Nc3cccc(OCC(=O)N(C)C)c3)cn2c1N(C)CCC(C)C.